The van der Waals surface area contributed by atoms with Gasteiger partial charge >= 0.3 is 0 Å². The van der Waals surface area contributed by atoms with Crippen LogP contribution in [-0.4, -0.2) is 26.8 Å². The summed E-state index contributed by atoms with van der Waals surface area (Å²) in [7, 11) is 0. The van der Waals surface area contributed by atoms with Crippen molar-refractivity contribution in [2.75, 3.05) is 6.61 Å². The predicted octanol–water partition coefficient (Wildman–Crippen LogP) is 3.36. The molecule has 1 fully saturated rings. The van der Waals surface area contributed by atoms with Crippen LogP contribution in [0, 0.1) is 0 Å². The molecular formula is C13H18N4OS2. The van der Waals surface area contributed by atoms with Crippen molar-refractivity contribution in [1.82, 2.24) is 20.2 Å². The number of thiazole rings is 1. The Balaban J connectivity index is 1.54. The van der Waals surface area contributed by atoms with Crippen molar-refractivity contribution in [2.45, 2.75) is 49.6 Å². The number of hydrogen-bond acceptors (Lipinski definition) is 6. The Kier molecular flexibility index (Phi) is 4.69. The van der Waals surface area contributed by atoms with Crippen LogP contribution in [0.3, 0.4) is 0 Å². The number of nitrogens with zero attached hydrogens (tertiary/aromatic N) is 3. The number of nitrogens with one attached hydrogen (secondary N) is 1. The Bertz CT molecular complexity index is 548. The van der Waals surface area contributed by atoms with Crippen LogP contribution in [0.1, 0.15) is 48.8 Å². The molecule has 0 radical (unpaired) electrons. The average Bonchev–Trinajstić information content (AvgIpc) is 3.18. The molecule has 0 saturated carbocycles. The first-order valence-electron chi connectivity index (χ1n) is 6.95. The first kappa shape index (κ1) is 14.0. The highest BCUT2D eigenvalue weighted by molar-refractivity contribution is 7.98. The van der Waals surface area contributed by atoms with Crippen molar-refractivity contribution >= 4 is 23.1 Å². The Morgan fingerprint density at radius 2 is 2.45 bits per heavy atom. The van der Waals surface area contributed by atoms with Crippen molar-refractivity contribution in [3.8, 4) is 0 Å². The monoisotopic (exact) mass is 310 g/mol. The van der Waals surface area contributed by atoms with Crippen molar-refractivity contribution in [3.05, 3.63) is 21.9 Å². The lowest BCUT2D eigenvalue weighted by Gasteiger charge is -2.03. The molecule has 2 aromatic rings. The van der Waals surface area contributed by atoms with E-state index in [-0.39, 0.29) is 6.10 Å². The highest BCUT2D eigenvalue weighted by Gasteiger charge is 2.20. The molecule has 0 unspecified atom stereocenters. The van der Waals surface area contributed by atoms with E-state index >= 15 is 0 Å². The lowest BCUT2D eigenvalue weighted by molar-refractivity contribution is 0.111. The van der Waals surface area contributed by atoms with Gasteiger partial charge < -0.3 is 4.74 Å². The summed E-state index contributed by atoms with van der Waals surface area (Å²) in [6, 6.07) is 0. The Labute approximate surface area is 126 Å². The molecule has 0 aliphatic carbocycles. The van der Waals surface area contributed by atoms with E-state index in [9.17, 15) is 0 Å². The summed E-state index contributed by atoms with van der Waals surface area (Å²) in [5.41, 5.74) is 1.09. The number of thioether (sulfide) groups is 1. The third-order valence-corrected chi connectivity index (χ3v) is 4.99. The van der Waals surface area contributed by atoms with Crippen LogP contribution in [0.2, 0.25) is 0 Å². The fourth-order valence-corrected chi connectivity index (χ4v) is 3.85. The van der Waals surface area contributed by atoms with Gasteiger partial charge in [0.25, 0.3) is 0 Å². The van der Waals surface area contributed by atoms with Crippen LogP contribution < -0.4 is 0 Å². The van der Waals surface area contributed by atoms with E-state index < -0.39 is 0 Å². The van der Waals surface area contributed by atoms with E-state index in [1.54, 1.807) is 23.1 Å². The van der Waals surface area contributed by atoms with Gasteiger partial charge in [0.05, 0.1) is 5.69 Å². The molecule has 20 heavy (non-hydrogen) atoms. The predicted molar refractivity (Wildman–Crippen MR) is 80.0 cm³/mol. The summed E-state index contributed by atoms with van der Waals surface area (Å²) >= 11 is 3.32. The number of rotatable bonds is 6. The zero-order chi connectivity index (χ0) is 13.8. The molecule has 0 aromatic carbocycles. The minimum absolute atomic E-state index is 0.221. The van der Waals surface area contributed by atoms with Crippen LogP contribution in [0.15, 0.2) is 10.5 Å². The topological polar surface area (TPSA) is 63.7 Å². The molecule has 1 atom stereocenters. The number of hydrogen-bond donors (Lipinski definition) is 1. The highest BCUT2D eigenvalue weighted by Crippen LogP contribution is 2.31. The lowest BCUT2D eigenvalue weighted by Crippen LogP contribution is -1.95. The first-order valence-corrected chi connectivity index (χ1v) is 8.81. The van der Waals surface area contributed by atoms with E-state index in [1.165, 1.54) is 0 Å². The number of aromatic nitrogens is 4. The van der Waals surface area contributed by atoms with Crippen LogP contribution in [-0.2, 0) is 16.9 Å². The van der Waals surface area contributed by atoms with Crippen molar-refractivity contribution < 1.29 is 4.74 Å². The third kappa shape index (κ3) is 3.39. The Hall–Kier alpha value is -0.920. The summed E-state index contributed by atoms with van der Waals surface area (Å²) in [6.45, 7) is 3.00. The van der Waals surface area contributed by atoms with Crippen LogP contribution in [0.4, 0.5) is 0 Å². The smallest absolute Gasteiger partial charge is 0.208 e. The maximum absolute atomic E-state index is 5.66. The summed E-state index contributed by atoms with van der Waals surface area (Å²) in [4.78, 5) is 9.10. The van der Waals surface area contributed by atoms with Gasteiger partial charge in [0.15, 0.2) is 0 Å². The van der Waals surface area contributed by atoms with Crippen molar-refractivity contribution in [1.29, 1.82) is 0 Å². The second-order valence-electron chi connectivity index (χ2n) is 4.78. The Morgan fingerprint density at radius 3 is 3.25 bits per heavy atom. The fourth-order valence-electron chi connectivity index (χ4n) is 2.14. The molecule has 1 aliphatic heterocycles. The highest BCUT2D eigenvalue weighted by atomic mass is 32.2. The second kappa shape index (κ2) is 6.69. The third-order valence-electron chi connectivity index (χ3n) is 3.12. The summed E-state index contributed by atoms with van der Waals surface area (Å²) in [5.74, 6) is 1.78. The van der Waals surface area contributed by atoms with E-state index in [0.717, 1.165) is 59.7 Å². The molecule has 1 N–H and O–H groups in total. The Morgan fingerprint density at radius 1 is 1.50 bits per heavy atom. The molecule has 108 valence electrons. The molecule has 2 aromatic heterocycles. The largest absolute Gasteiger partial charge is 0.371 e. The van der Waals surface area contributed by atoms with E-state index in [1.807, 2.05) is 0 Å². The molecule has 3 heterocycles. The van der Waals surface area contributed by atoms with Gasteiger partial charge in [0.1, 0.15) is 16.9 Å². The quantitative estimate of drug-likeness (QED) is 0.829. The van der Waals surface area contributed by atoms with E-state index in [4.69, 9.17) is 4.74 Å². The number of H-pyrrole nitrogens is 1. The van der Waals surface area contributed by atoms with Gasteiger partial charge in [0, 0.05) is 24.2 Å². The zero-order valence-electron chi connectivity index (χ0n) is 11.5. The molecule has 3 rings (SSSR count). The van der Waals surface area contributed by atoms with Gasteiger partial charge in [0.2, 0.25) is 5.16 Å². The number of aromatic amines is 1. The molecule has 7 heteroatoms. The van der Waals surface area contributed by atoms with Gasteiger partial charge in [-0.05, 0) is 19.3 Å². The molecule has 1 saturated heterocycles. The molecule has 1 aliphatic rings. The SMILES string of the molecule is CCCc1nc(SCc2csc([C@H]3CCCO3)n2)n[nH]1. The van der Waals surface area contributed by atoms with E-state index in [2.05, 4.69) is 32.5 Å². The molecule has 0 spiro atoms. The number of aryl methyl sites for hydroxylation is 1. The second-order valence-corrected chi connectivity index (χ2v) is 6.61. The summed E-state index contributed by atoms with van der Waals surface area (Å²) in [6.07, 6.45) is 4.50. The zero-order valence-corrected chi connectivity index (χ0v) is 13.1. The molecule has 0 amide bonds. The normalized spacial score (nSPS) is 18.8. The minimum Gasteiger partial charge on any atom is -0.371 e. The first-order chi connectivity index (χ1) is 9.85. The standard InChI is InChI=1S/C13H18N4OS2/c1-2-4-11-15-13(17-16-11)20-8-9-7-19-12(14-9)10-5-3-6-18-10/h7,10H,2-6,8H2,1H3,(H,15,16,17)/t10-/m1/s1. The van der Waals surface area contributed by atoms with Crippen molar-refractivity contribution in [3.63, 3.8) is 0 Å². The van der Waals surface area contributed by atoms with Crippen LogP contribution >= 0.6 is 23.1 Å². The fraction of sp³-hybridized carbons (Fsp3) is 0.615. The molecular weight excluding hydrogens is 292 g/mol. The van der Waals surface area contributed by atoms with Gasteiger partial charge in [-0.3, -0.25) is 5.10 Å². The van der Waals surface area contributed by atoms with Crippen molar-refractivity contribution in [2.24, 2.45) is 0 Å². The van der Waals surface area contributed by atoms with Gasteiger partial charge in [-0.15, -0.1) is 16.4 Å². The molecule has 0 bridgehead atoms. The summed E-state index contributed by atoms with van der Waals surface area (Å²) in [5, 5.41) is 11.2. The maximum Gasteiger partial charge on any atom is 0.208 e. The average molecular weight is 310 g/mol. The van der Waals surface area contributed by atoms with Crippen LogP contribution in [0.25, 0.3) is 0 Å². The summed E-state index contributed by atoms with van der Waals surface area (Å²) < 4.78 is 5.66. The lowest BCUT2D eigenvalue weighted by atomic mass is 10.2. The number of ether oxygens (including phenoxy) is 1. The van der Waals surface area contributed by atoms with Gasteiger partial charge in [-0.25, -0.2) is 9.97 Å². The maximum atomic E-state index is 5.66. The van der Waals surface area contributed by atoms with Gasteiger partial charge in [-0.2, -0.15) is 0 Å². The minimum atomic E-state index is 0.221. The van der Waals surface area contributed by atoms with E-state index in [0.29, 0.717) is 0 Å². The molecule has 5 nitrogen and oxygen atoms in total. The van der Waals surface area contributed by atoms with Crippen LogP contribution in [0.5, 0.6) is 0 Å². The van der Waals surface area contributed by atoms with Gasteiger partial charge in [-0.1, -0.05) is 18.7 Å².